The quantitative estimate of drug-likeness (QED) is 0.802. The van der Waals surface area contributed by atoms with Crippen LogP contribution < -0.4 is 4.74 Å². The molecule has 0 aliphatic carbocycles. The minimum atomic E-state index is -0.345. The fourth-order valence-electron chi connectivity index (χ4n) is 4.63. The Morgan fingerprint density at radius 2 is 1.90 bits per heavy atom. The van der Waals surface area contributed by atoms with Crippen LogP contribution >= 0.6 is 0 Å². The second kappa shape index (κ2) is 8.17. The molecule has 29 heavy (non-hydrogen) atoms. The van der Waals surface area contributed by atoms with Gasteiger partial charge in [-0.2, -0.15) is 0 Å². The van der Waals surface area contributed by atoms with Gasteiger partial charge in [0.2, 0.25) is 0 Å². The third-order valence-corrected chi connectivity index (χ3v) is 6.34. The van der Waals surface area contributed by atoms with E-state index in [0.29, 0.717) is 19.7 Å². The molecule has 3 heterocycles. The van der Waals surface area contributed by atoms with Gasteiger partial charge in [-0.1, -0.05) is 36.4 Å². The maximum Gasteiger partial charge on any atom is 0.253 e. The van der Waals surface area contributed by atoms with Crippen LogP contribution in [0.2, 0.25) is 0 Å². The molecule has 3 aliphatic rings. The van der Waals surface area contributed by atoms with Crippen molar-refractivity contribution in [2.24, 2.45) is 0 Å². The molecule has 2 aromatic rings. The first-order valence-electron chi connectivity index (χ1n) is 10.7. The summed E-state index contributed by atoms with van der Waals surface area (Å²) in [6.45, 7) is 5.44. The van der Waals surface area contributed by atoms with Crippen LogP contribution in [-0.4, -0.2) is 61.2 Å². The van der Waals surface area contributed by atoms with E-state index in [9.17, 15) is 4.79 Å². The van der Waals surface area contributed by atoms with Gasteiger partial charge in [0.1, 0.15) is 11.9 Å². The summed E-state index contributed by atoms with van der Waals surface area (Å²) in [7, 11) is 0. The molecule has 0 saturated carbocycles. The number of nitrogens with zero attached hydrogens (tertiary/aromatic N) is 2. The van der Waals surface area contributed by atoms with Crippen molar-refractivity contribution in [3.63, 3.8) is 0 Å². The Bertz CT molecular complexity index is 897. The summed E-state index contributed by atoms with van der Waals surface area (Å²) in [5.41, 5.74) is 5.29. The number of hydrogen-bond acceptors (Lipinski definition) is 4. The van der Waals surface area contributed by atoms with Gasteiger partial charge in [0, 0.05) is 39.1 Å². The number of rotatable bonds is 4. The SMILES string of the molecule is O=C(C1CN(CCc2ccc3c(c2)CCO3)CCO1)N1CCc2ccccc2C1. The second-order valence-electron chi connectivity index (χ2n) is 8.23. The summed E-state index contributed by atoms with van der Waals surface area (Å²) < 4.78 is 11.5. The van der Waals surface area contributed by atoms with Gasteiger partial charge in [-0.25, -0.2) is 0 Å². The van der Waals surface area contributed by atoms with Crippen molar-refractivity contribution in [2.45, 2.75) is 31.9 Å². The summed E-state index contributed by atoms with van der Waals surface area (Å²) >= 11 is 0. The standard InChI is InChI=1S/C24H28N2O3/c27-24(26-11-8-19-3-1-2-4-21(19)16-26)23-17-25(12-14-29-23)10-7-18-5-6-22-20(15-18)9-13-28-22/h1-6,15,23H,7-14,16-17H2. The van der Waals surface area contributed by atoms with Crippen LogP contribution in [0.25, 0.3) is 0 Å². The molecule has 5 rings (SSSR count). The van der Waals surface area contributed by atoms with Gasteiger partial charge < -0.3 is 14.4 Å². The van der Waals surface area contributed by atoms with Crippen LogP contribution in [0.15, 0.2) is 42.5 Å². The first-order chi connectivity index (χ1) is 14.3. The summed E-state index contributed by atoms with van der Waals surface area (Å²) in [5, 5.41) is 0. The predicted molar refractivity (Wildman–Crippen MR) is 111 cm³/mol. The summed E-state index contributed by atoms with van der Waals surface area (Å²) in [6, 6.07) is 15.0. The highest BCUT2D eigenvalue weighted by molar-refractivity contribution is 5.81. The van der Waals surface area contributed by atoms with Gasteiger partial charge in [-0.3, -0.25) is 9.69 Å². The number of carbonyl (C=O) groups excluding carboxylic acids is 1. The fraction of sp³-hybridized carbons (Fsp3) is 0.458. The maximum absolute atomic E-state index is 13.1. The van der Waals surface area contributed by atoms with E-state index >= 15 is 0 Å². The zero-order valence-electron chi connectivity index (χ0n) is 16.8. The zero-order valence-corrected chi connectivity index (χ0v) is 16.8. The van der Waals surface area contributed by atoms with E-state index in [2.05, 4.69) is 47.4 Å². The highest BCUT2D eigenvalue weighted by Crippen LogP contribution is 2.26. The van der Waals surface area contributed by atoms with Crippen LogP contribution in [0, 0.1) is 0 Å². The van der Waals surface area contributed by atoms with Crippen molar-refractivity contribution < 1.29 is 14.3 Å². The van der Waals surface area contributed by atoms with Gasteiger partial charge in [-0.15, -0.1) is 0 Å². The molecule has 1 atom stereocenters. The third kappa shape index (κ3) is 4.02. The number of morpholine rings is 1. The maximum atomic E-state index is 13.1. The monoisotopic (exact) mass is 392 g/mol. The Morgan fingerprint density at radius 1 is 1.00 bits per heavy atom. The Morgan fingerprint density at radius 3 is 2.83 bits per heavy atom. The fourth-order valence-corrected chi connectivity index (χ4v) is 4.63. The van der Waals surface area contributed by atoms with Crippen LogP contribution in [0.5, 0.6) is 5.75 Å². The number of amides is 1. The van der Waals surface area contributed by atoms with Crippen molar-refractivity contribution >= 4 is 5.91 Å². The molecule has 1 amide bonds. The lowest BCUT2D eigenvalue weighted by Crippen LogP contribution is -2.52. The molecule has 1 unspecified atom stereocenters. The van der Waals surface area contributed by atoms with Crippen molar-refractivity contribution in [2.75, 3.05) is 39.4 Å². The molecule has 0 spiro atoms. The van der Waals surface area contributed by atoms with E-state index in [0.717, 1.165) is 51.3 Å². The van der Waals surface area contributed by atoms with E-state index in [1.165, 1.54) is 22.3 Å². The average Bonchev–Trinajstić information content (AvgIpc) is 3.25. The van der Waals surface area contributed by atoms with Gasteiger partial charge >= 0.3 is 0 Å². The van der Waals surface area contributed by atoms with Gasteiger partial charge in [-0.05, 0) is 41.2 Å². The van der Waals surface area contributed by atoms with Gasteiger partial charge in [0.05, 0.1) is 13.2 Å². The predicted octanol–water partition coefficient (Wildman–Crippen LogP) is 2.45. The van der Waals surface area contributed by atoms with E-state index in [1.807, 2.05) is 4.90 Å². The second-order valence-corrected chi connectivity index (χ2v) is 8.23. The molecule has 1 fully saturated rings. The third-order valence-electron chi connectivity index (χ3n) is 6.34. The molecule has 0 radical (unpaired) electrons. The lowest BCUT2D eigenvalue weighted by Gasteiger charge is -2.36. The lowest BCUT2D eigenvalue weighted by molar-refractivity contribution is -0.150. The number of carbonyl (C=O) groups is 1. The van der Waals surface area contributed by atoms with Crippen LogP contribution in [0.1, 0.15) is 22.3 Å². The molecular weight excluding hydrogens is 364 g/mol. The first kappa shape index (κ1) is 18.6. The largest absolute Gasteiger partial charge is 0.493 e. The molecule has 0 aromatic heterocycles. The van der Waals surface area contributed by atoms with E-state index in [4.69, 9.17) is 9.47 Å². The number of fused-ring (bicyclic) bond motifs is 2. The molecule has 3 aliphatic heterocycles. The molecule has 5 nitrogen and oxygen atoms in total. The highest BCUT2D eigenvalue weighted by Gasteiger charge is 2.31. The zero-order chi connectivity index (χ0) is 19.6. The molecule has 1 saturated heterocycles. The van der Waals surface area contributed by atoms with Crippen molar-refractivity contribution in [1.29, 1.82) is 0 Å². The van der Waals surface area contributed by atoms with Crippen LogP contribution in [0.3, 0.4) is 0 Å². The van der Waals surface area contributed by atoms with Gasteiger partial charge in [0.15, 0.2) is 0 Å². The van der Waals surface area contributed by atoms with Crippen molar-refractivity contribution in [3.05, 3.63) is 64.7 Å². The minimum absolute atomic E-state index is 0.138. The Labute approximate surface area is 172 Å². The lowest BCUT2D eigenvalue weighted by atomic mass is 9.99. The molecule has 5 heteroatoms. The Balaban J connectivity index is 1.17. The molecule has 152 valence electrons. The normalized spacial score (nSPS) is 21.4. The topological polar surface area (TPSA) is 42.0 Å². The van der Waals surface area contributed by atoms with E-state index in [-0.39, 0.29) is 12.0 Å². The average molecular weight is 392 g/mol. The van der Waals surface area contributed by atoms with Crippen molar-refractivity contribution in [3.8, 4) is 5.75 Å². The summed E-state index contributed by atoms with van der Waals surface area (Å²) in [6.07, 6.45) is 2.59. The van der Waals surface area contributed by atoms with Gasteiger partial charge in [0.25, 0.3) is 5.91 Å². The Kier molecular flexibility index (Phi) is 5.25. The summed E-state index contributed by atoms with van der Waals surface area (Å²) in [4.78, 5) is 17.4. The number of hydrogen-bond donors (Lipinski definition) is 0. The smallest absolute Gasteiger partial charge is 0.253 e. The van der Waals surface area contributed by atoms with E-state index < -0.39 is 0 Å². The van der Waals surface area contributed by atoms with Crippen LogP contribution in [0.4, 0.5) is 0 Å². The first-order valence-corrected chi connectivity index (χ1v) is 10.7. The Hall–Kier alpha value is -2.37. The van der Waals surface area contributed by atoms with Crippen LogP contribution in [-0.2, 0) is 35.3 Å². The van der Waals surface area contributed by atoms with Crippen molar-refractivity contribution in [1.82, 2.24) is 9.80 Å². The number of ether oxygens (including phenoxy) is 2. The molecule has 0 N–H and O–H groups in total. The summed E-state index contributed by atoms with van der Waals surface area (Å²) in [5.74, 6) is 1.17. The minimum Gasteiger partial charge on any atom is -0.493 e. The number of benzene rings is 2. The molecular formula is C24H28N2O3. The van der Waals surface area contributed by atoms with E-state index in [1.54, 1.807) is 0 Å². The molecule has 2 aromatic carbocycles. The highest BCUT2D eigenvalue weighted by atomic mass is 16.5. The molecule has 0 bridgehead atoms.